The van der Waals surface area contributed by atoms with E-state index in [4.69, 9.17) is 4.74 Å². The quantitative estimate of drug-likeness (QED) is 0.309. The number of ether oxygens (including phenoxy) is 1. The molecule has 1 radical (unpaired) electrons. The van der Waals surface area contributed by atoms with Gasteiger partial charge in [0.05, 0.1) is 6.61 Å². The number of rotatable bonds is 14. The van der Waals surface area contributed by atoms with E-state index < -0.39 is 0 Å². The largest absolute Gasteiger partial charge is 0.466 e. The van der Waals surface area contributed by atoms with Gasteiger partial charge in [-0.25, -0.2) is 0 Å². The Balaban J connectivity index is 3.07. The number of unbranched alkanes of at least 4 members (excludes halogenated alkanes) is 10. The fraction of sp³-hybridized carbons (Fsp3) is 0.882. The molecule has 0 aromatic carbocycles. The first-order chi connectivity index (χ1) is 9.31. The van der Waals surface area contributed by atoms with Gasteiger partial charge in [-0.2, -0.15) is 0 Å². The molecule has 0 aliphatic carbocycles. The lowest BCUT2D eigenvalue weighted by Gasteiger charge is -2.04. The van der Waals surface area contributed by atoms with Crippen LogP contribution in [0.4, 0.5) is 0 Å². The van der Waals surface area contributed by atoms with E-state index in [1.54, 1.807) is 0 Å². The molecule has 0 fully saturated rings. The first-order valence-corrected chi connectivity index (χ1v) is 8.26. The van der Waals surface area contributed by atoms with Gasteiger partial charge >= 0.3 is 5.97 Å². The molecule has 0 saturated heterocycles. The van der Waals surface area contributed by atoms with Crippen LogP contribution in [0.1, 0.15) is 90.4 Å². The van der Waals surface area contributed by atoms with E-state index >= 15 is 0 Å². The Morgan fingerprint density at radius 2 is 1.37 bits per heavy atom. The fourth-order valence-corrected chi connectivity index (χ4v) is 2.09. The van der Waals surface area contributed by atoms with Crippen LogP contribution in [0.2, 0.25) is 0 Å². The van der Waals surface area contributed by atoms with Gasteiger partial charge in [0, 0.05) is 6.42 Å². The summed E-state index contributed by atoms with van der Waals surface area (Å²) < 4.78 is 5.12. The number of carbonyl (C=O) groups excluding carboxylic acids is 1. The highest BCUT2D eigenvalue weighted by Gasteiger charge is 2.01. The standard InChI is InChI=1S/C17H33O2/c1-3-5-7-8-9-10-11-12-13-14-15-17(18)19-16-6-4-2/h1,3-16H2,2H3. The second-order valence-corrected chi connectivity index (χ2v) is 5.36. The minimum Gasteiger partial charge on any atom is -0.466 e. The lowest BCUT2D eigenvalue weighted by molar-refractivity contribution is -0.143. The molecule has 0 spiro atoms. The van der Waals surface area contributed by atoms with Crippen molar-refractivity contribution in [2.45, 2.75) is 90.4 Å². The Morgan fingerprint density at radius 3 is 1.89 bits per heavy atom. The molecule has 0 unspecified atom stereocenters. The summed E-state index contributed by atoms with van der Waals surface area (Å²) in [7, 11) is 0. The highest BCUT2D eigenvalue weighted by Crippen LogP contribution is 2.11. The maximum Gasteiger partial charge on any atom is 0.305 e. The van der Waals surface area contributed by atoms with Crippen LogP contribution in [-0.2, 0) is 9.53 Å². The first-order valence-electron chi connectivity index (χ1n) is 8.26. The Bertz CT molecular complexity index is 190. The third kappa shape index (κ3) is 15.4. The van der Waals surface area contributed by atoms with Crippen molar-refractivity contribution < 1.29 is 9.53 Å². The zero-order valence-electron chi connectivity index (χ0n) is 12.9. The minimum atomic E-state index is -0.0124. The molecule has 0 N–H and O–H groups in total. The third-order valence-electron chi connectivity index (χ3n) is 3.39. The topological polar surface area (TPSA) is 26.3 Å². The lowest BCUT2D eigenvalue weighted by Crippen LogP contribution is -2.05. The van der Waals surface area contributed by atoms with Gasteiger partial charge in [-0.1, -0.05) is 78.1 Å². The summed E-state index contributed by atoms with van der Waals surface area (Å²) in [6, 6.07) is 0. The van der Waals surface area contributed by atoms with Crippen LogP contribution in [0.15, 0.2) is 0 Å². The molecule has 0 aromatic heterocycles. The van der Waals surface area contributed by atoms with Gasteiger partial charge in [0.2, 0.25) is 0 Å². The van der Waals surface area contributed by atoms with Crippen molar-refractivity contribution in [1.82, 2.24) is 0 Å². The van der Waals surface area contributed by atoms with Crippen molar-refractivity contribution in [3.8, 4) is 0 Å². The summed E-state index contributed by atoms with van der Waals surface area (Å²) >= 11 is 0. The van der Waals surface area contributed by atoms with Crippen LogP contribution in [0.25, 0.3) is 0 Å². The van der Waals surface area contributed by atoms with Gasteiger partial charge in [0.1, 0.15) is 0 Å². The molecule has 0 aromatic rings. The molecule has 0 aliphatic rings. The van der Waals surface area contributed by atoms with Gasteiger partial charge in [0.25, 0.3) is 0 Å². The smallest absolute Gasteiger partial charge is 0.305 e. The van der Waals surface area contributed by atoms with Crippen LogP contribution >= 0.6 is 0 Å². The second kappa shape index (κ2) is 15.5. The summed E-state index contributed by atoms with van der Waals surface area (Å²) in [6.07, 6.45) is 15.2. The molecule has 113 valence electrons. The van der Waals surface area contributed by atoms with E-state index in [1.165, 1.54) is 51.4 Å². The Kier molecular flexibility index (Phi) is 15.1. The Labute approximate surface area is 120 Å². The molecule has 0 bridgehead atoms. The Morgan fingerprint density at radius 1 is 0.842 bits per heavy atom. The van der Waals surface area contributed by atoms with E-state index in [1.807, 2.05) is 0 Å². The molecule has 0 atom stereocenters. The van der Waals surface area contributed by atoms with E-state index in [9.17, 15) is 4.79 Å². The molecule has 0 aliphatic heterocycles. The van der Waals surface area contributed by atoms with Gasteiger partial charge in [-0.15, -0.1) is 0 Å². The number of hydrogen-bond acceptors (Lipinski definition) is 2. The molecule has 2 nitrogen and oxygen atoms in total. The van der Waals surface area contributed by atoms with Gasteiger partial charge in [-0.05, 0) is 12.8 Å². The summed E-state index contributed by atoms with van der Waals surface area (Å²) in [4.78, 5) is 11.3. The van der Waals surface area contributed by atoms with Crippen molar-refractivity contribution in [3.63, 3.8) is 0 Å². The van der Waals surface area contributed by atoms with Crippen molar-refractivity contribution in [1.29, 1.82) is 0 Å². The van der Waals surface area contributed by atoms with Crippen molar-refractivity contribution in [3.05, 3.63) is 6.92 Å². The van der Waals surface area contributed by atoms with Crippen LogP contribution in [-0.4, -0.2) is 12.6 Å². The minimum absolute atomic E-state index is 0.0124. The first kappa shape index (κ1) is 18.5. The molecule has 19 heavy (non-hydrogen) atoms. The number of esters is 1. The summed E-state index contributed by atoms with van der Waals surface area (Å²) in [5.74, 6) is -0.0124. The number of hydrogen-bond donors (Lipinski definition) is 0. The maximum absolute atomic E-state index is 11.3. The zero-order valence-corrected chi connectivity index (χ0v) is 12.9. The molecular formula is C17H33O2. The lowest BCUT2D eigenvalue weighted by atomic mass is 10.1. The zero-order chi connectivity index (χ0) is 14.2. The molecular weight excluding hydrogens is 236 g/mol. The number of carbonyl (C=O) groups is 1. The molecule has 0 rings (SSSR count). The van der Waals surface area contributed by atoms with Crippen LogP contribution in [0, 0.1) is 6.92 Å². The monoisotopic (exact) mass is 269 g/mol. The molecule has 2 heteroatoms. The van der Waals surface area contributed by atoms with Gasteiger partial charge < -0.3 is 4.74 Å². The molecule has 0 heterocycles. The van der Waals surface area contributed by atoms with E-state index in [0.29, 0.717) is 13.0 Å². The highest BCUT2D eigenvalue weighted by molar-refractivity contribution is 5.69. The predicted molar refractivity (Wildman–Crippen MR) is 82.0 cm³/mol. The van der Waals surface area contributed by atoms with E-state index in [2.05, 4.69) is 13.8 Å². The average molecular weight is 269 g/mol. The third-order valence-corrected chi connectivity index (χ3v) is 3.39. The van der Waals surface area contributed by atoms with Gasteiger partial charge in [-0.3, -0.25) is 4.79 Å². The summed E-state index contributed by atoms with van der Waals surface area (Å²) in [6.45, 7) is 6.56. The summed E-state index contributed by atoms with van der Waals surface area (Å²) in [5.41, 5.74) is 0. The van der Waals surface area contributed by atoms with E-state index in [0.717, 1.165) is 25.7 Å². The van der Waals surface area contributed by atoms with Crippen LogP contribution in [0.5, 0.6) is 0 Å². The normalized spacial score (nSPS) is 10.6. The van der Waals surface area contributed by atoms with E-state index in [-0.39, 0.29) is 5.97 Å². The molecule has 0 amide bonds. The van der Waals surface area contributed by atoms with Gasteiger partial charge in [0.15, 0.2) is 0 Å². The van der Waals surface area contributed by atoms with Crippen LogP contribution in [0.3, 0.4) is 0 Å². The fourth-order valence-electron chi connectivity index (χ4n) is 2.09. The summed E-state index contributed by atoms with van der Waals surface area (Å²) in [5, 5.41) is 0. The van der Waals surface area contributed by atoms with Crippen molar-refractivity contribution >= 4 is 5.97 Å². The average Bonchev–Trinajstić information content (AvgIpc) is 2.41. The van der Waals surface area contributed by atoms with Crippen LogP contribution < -0.4 is 0 Å². The maximum atomic E-state index is 11.3. The molecule has 0 saturated carbocycles. The second-order valence-electron chi connectivity index (χ2n) is 5.36. The van der Waals surface area contributed by atoms with Crippen molar-refractivity contribution in [2.75, 3.05) is 6.61 Å². The van der Waals surface area contributed by atoms with Crippen molar-refractivity contribution in [2.24, 2.45) is 0 Å². The highest BCUT2D eigenvalue weighted by atomic mass is 16.5. The predicted octanol–water partition coefficient (Wildman–Crippen LogP) is 5.45. The Hall–Kier alpha value is -0.530. The SMILES string of the molecule is [CH2]CCCCCCCCCCCC(=O)OCCCC.